The number of amides is 1. The van der Waals surface area contributed by atoms with Crippen molar-refractivity contribution in [3.63, 3.8) is 0 Å². The first-order chi connectivity index (χ1) is 14.9. The molecule has 0 saturated carbocycles. The highest BCUT2D eigenvalue weighted by atomic mass is 32.2. The van der Waals surface area contributed by atoms with Crippen molar-refractivity contribution < 1.29 is 22.7 Å². The van der Waals surface area contributed by atoms with E-state index in [0.29, 0.717) is 22.7 Å². The summed E-state index contributed by atoms with van der Waals surface area (Å²) in [5, 5.41) is 2.68. The molecule has 0 radical (unpaired) electrons. The van der Waals surface area contributed by atoms with Gasteiger partial charge < -0.3 is 14.8 Å². The molecule has 3 rings (SSSR count). The van der Waals surface area contributed by atoms with Gasteiger partial charge in [0.2, 0.25) is 5.91 Å². The number of anilines is 2. The van der Waals surface area contributed by atoms with Gasteiger partial charge in [0.15, 0.2) is 0 Å². The molecule has 0 unspecified atom stereocenters. The average Bonchev–Trinajstić information content (AvgIpc) is 2.78. The summed E-state index contributed by atoms with van der Waals surface area (Å²) in [6, 6.07) is 16.0. The van der Waals surface area contributed by atoms with Crippen LogP contribution in [0.15, 0.2) is 77.8 Å². The van der Waals surface area contributed by atoms with E-state index in [1.807, 2.05) is 0 Å². The molecule has 160 valence electrons. The Labute approximate surface area is 180 Å². The second-order valence-corrected chi connectivity index (χ2v) is 7.96. The summed E-state index contributed by atoms with van der Waals surface area (Å²) >= 11 is 0. The molecule has 9 heteroatoms. The number of hydrogen-bond donors (Lipinski definition) is 2. The number of sulfonamides is 1. The SMILES string of the molecule is COc1ccc(C=CC(=O)Nc2ccc(S(=O)(=O)Nc3ccccn3)cc2)c(OC)c1. The fraction of sp³-hybridized carbons (Fsp3) is 0.0909. The van der Waals surface area contributed by atoms with Gasteiger partial charge in [-0.2, -0.15) is 0 Å². The van der Waals surface area contributed by atoms with Gasteiger partial charge >= 0.3 is 0 Å². The highest BCUT2D eigenvalue weighted by Gasteiger charge is 2.14. The van der Waals surface area contributed by atoms with Gasteiger partial charge in [0.25, 0.3) is 10.0 Å². The summed E-state index contributed by atoms with van der Waals surface area (Å²) in [5.74, 6) is 1.06. The molecule has 2 N–H and O–H groups in total. The molecule has 2 aromatic carbocycles. The van der Waals surface area contributed by atoms with Crippen molar-refractivity contribution in [2.75, 3.05) is 24.3 Å². The van der Waals surface area contributed by atoms with Gasteiger partial charge in [0, 0.05) is 29.6 Å². The minimum absolute atomic E-state index is 0.0506. The summed E-state index contributed by atoms with van der Waals surface area (Å²) in [5.41, 5.74) is 1.16. The lowest BCUT2D eigenvalue weighted by molar-refractivity contribution is -0.111. The van der Waals surface area contributed by atoms with Crippen LogP contribution in [0.25, 0.3) is 6.08 Å². The number of pyridine rings is 1. The summed E-state index contributed by atoms with van der Waals surface area (Å²) in [4.78, 5) is 16.2. The van der Waals surface area contributed by atoms with Crippen LogP contribution in [0.2, 0.25) is 0 Å². The molecule has 1 amide bonds. The number of nitrogens with zero attached hydrogens (tertiary/aromatic N) is 1. The van der Waals surface area contributed by atoms with E-state index >= 15 is 0 Å². The van der Waals surface area contributed by atoms with Gasteiger partial charge in [-0.25, -0.2) is 13.4 Å². The predicted molar refractivity (Wildman–Crippen MR) is 119 cm³/mol. The van der Waals surface area contributed by atoms with E-state index in [1.165, 1.54) is 43.6 Å². The quantitative estimate of drug-likeness (QED) is 0.520. The zero-order valence-corrected chi connectivity index (χ0v) is 17.7. The van der Waals surface area contributed by atoms with E-state index in [0.717, 1.165) is 0 Å². The Hall–Kier alpha value is -3.85. The monoisotopic (exact) mass is 439 g/mol. The molecule has 0 aliphatic rings. The van der Waals surface area contributed by atoms with Crippen LogP contribution in [-0.2, 0) is 14.8 Å². The molecule has 1 aromatic heterocycles. The summed E-state index contributed by atoms with van der Waals surface area (Å²) in [6.07, 6.45) is 4.46. The van der Waals surface area contributed by atoms with E-state index in [9.17, 15) is 13.2 Å². The van der Waals surface area contributed by atoms with Crippen LogP contribution in [0.4, 0.5) is 11.5 Å². The van der Waals surface area contributed by atoms with Crippen molar-refractivity contribution in [1.29, 1.82) is 0 Å². The Balaban J connectivity index is 1.66. The Bertz CT molecular complexity index is 1180. The Morgan fingerprint density at radius 2 is 1.77 bits per heavy atom. The molecule has 0 saturated heterocycles. The maximum Gasteiger partial charge on any atom is 0.263 e. The highest BCUT2D eigenvalue weighted by molar-refractivity contribution is 7.92. The zero-order chi connectivity index (χ0) is 22.3. The number of ether oxygens (including phenoxy) is 2. The van der Waals surface area contributed by atoms with Gasteiger partial charge in [0.1, 0.15) is 17.3 Å². The molecular formula is C22H21N3O5S. The minimum atomic E-state index is -3.78. The molecule has 0 aliphatic carbocycles. The van der Waals surface area contributed by atoms with Crippen LogP contribution in [0, 0.1) is 0 Å². The topological polar surface area (TPSA) is 107 Å². The lowest BCUT2D eigenvalue weighted by Crippen LogP contribution is -2.14. The molecule has 0 bridgehead atoms. The van der Waals surface area contributed by atoms with E-state index in [2.05, 4.69) is 15.0 Å². The molecule has 0 aliphatic heterocycles. The van der Waals surface area contributed by atoms with Crippen LogP contribution >= 0.6 is 0 Å². The average molecular weight is 439 g/mol. The van der Waals surface area contributed by atoms with Gasteiger partial charge in [-0.1, -0.05) is 6.07 Å². The Morgan fingerprint density at radius 1 is 1.00 bits per heavy atom. The molecule has 0 atom stereocenters. The number of rotatable bonds is 8. The van der Waals surface area contributed by atoms with Crippen molar-refractivity contribution in [3.8, 4) is 11.5 Å². The molecule has 0 spiro atoms. The number of aromatic nitrogens is 1. The normalized spacial score (nSPS) is 11.2. The summed E-state index contributed by atoms with van der Waals surface area (Å²) < 4.78 is 37.7. The van der Waals surface area contributed by atoms with Crippen molar-refractivity contribution in [3.05, 3.63) is 78.5 Å². The zero-order valence-electron chi connectivity index (χ0n) is 16.9. The van der Waals surface area contributed by atoms with Crippen LogP contribution in [0.1, 0.15) is 5.56 Å². The van der Waals surface area contributed by atoms with Crippen LogP contribution in [-0.4, -0.2) is 33.5 Å². The lowest BCUT2D eigenvalue weighted by Gasteiger charge is -2.08. The van der Waals surface area contributed by atoms with Crippen molar-refractivity contribution in [2.24, 2.45) is 0 Å². The van der Waals surface area contributed by atoms with E-state index in [4.69, 9.17) is 9.47 Å². The maximum absolute atomic E-state index is 12.4. The van der Waals surface area contributed by atoms with Crippen molar-refractivity contribution in [1.82, 2.24) is 4.98 Å². The van der Waals surface area contributed by atoms with Gasteiger partial charge in [0.05, 0.1) is 19.1 Å². The smallest absolute Gasteiger partial charge is 0.263 e. The number of benzene rings is 2. The summed E-state index contributed by atoms with van der Waals surface area (Å²) in [7, 11) is -0.691. The van der Waals surface area contributed by atoms with Crippen LogP contribution in [0.3, 0.4) is 0 Å². The fourth-order valence-electron chi connectivity index (χ4n) is 2.64. The van der Waals surface area contributed by atoms with Gasteiger partial charge in [-0.3, -0.25) is 9.52 Å². The van der Waals surface area contributed by atoms with E-state index < -0.39 is 10.0 Å². The third-order valence-electron chi connectivity index (χ3n) is 4.19. The van der Waals surface area contributed by atoms with Crippen molar-refractivity contribution in [2.45, 2.75) is 4.90 Å². The second kappa shape index (κ2) is 9.77. The highest BCUT2D eigenvalue weighted by Crippen LogP contribution is 2.25. The molecule has 8 nitrogen and oxygen atoms in total. The predicted octanol–water partition coefficient (Wildman–Crippen LogP) is 3.55. The molecule has 0 fully saturated rings. The Morgan fingerprint density at radius 3 is 2.42 bits per heavy atom. The standard InChI is InChI=1S/C22H21N3O5S/c1-29-18-10-6-16(20(15-18)30-2)7-13-22(26)24-17-8-11-19(12-9-17)31(27,28)25-21-5-3-4-14-23-21/h3-15H,1-2H3,(H,23,25)(H,24,26). The number of carbonyl (C=O) groups excluding carboxylic acids is 1. The number of methoxy groups -OCH3 is 2. The third-order valence-corrected chi connectivity index (χ3v) is 5.56. The molecule has 1 heterocycles. The second-order valence-electron chi connectivity index (χ2n) is 6.28. The van der Waals surface area contributed by atoms with Crippen molar-refractivity contribution >= 4 is 33.5 Å². The number of hydrogen-bond acceptors (Lipinski definition) is 6. The summed E-state index contributed by atoms with van der Waals surface area (Å²) in [6.45, 7) is 0. The molecule has 31 heavy (non-hydrogen) atoms. The lowest BCUT2D eigenvalue weighted by atomic mass is 10.1. The van der Waals surface area contributed by atoms with Crippen LogP contribution in [0.5, 0.6) is 11.5 Å². The largest absolute Gasteiger partial charge is 0.497 e. The van der Waals surface area contributed by atoms with E-state index in [1.54, 1.807) is 49.6 Å². The van der Waals surface area contributed by atoms with E-state index in [-0.39, 0.29) is 16.6 Å². The first-order valence-corrected chi connectivity index (χ1v) is 10.6. The Kier molecular flexibility index (Phi) is 6.88. The fourth-order valence-corrected chi connectivity index (χ4v) is 3.65. The van der Waals surface area contributed by atoms with Gasteiger partial charge in [-0.05, 0) is 54.6 Å². The number of nitrogens with one attached hydrogen (secondary N) is 2. The third kappa shape index (κ3) is 5.83. The first kappa shape index (κ1) is 21.8. The van der Waals surface area contributed by atoms with Crippen LogP contribution < -0.4 is 19.5 Å². The molecular weight excluding hydrogens is 418 g/mol. The molecule has 3 aromatic rings. The van der Waals surface area contributed by atoms with Gasteiger partial charge in [-0.15, -0.1) is 0 Å². The number of carbonyl (C=O) groups is 1. The first-order valence-electron chi connectivity index (χ1n) is 9.16. The minimum Gasteiger partial charge on any atom is -0.497 e. The maximum atomic E-state index is 12.4.